The predicted octanol–water partition coefficient (Wildman–Crippen LogP) is 3.77. The molecule has 4 heterocycles. The number of aromatic nitrogens is 6. The number of nitrogens with zero attached hydrogens (tertiary/aromatic N) is 5. The first-order valence-electron chi connectivity index (χ1n) is 8.89. The summed E-state index contributed by atoms with van der Waals surface area (Å²) in [5.41, 5.74) is 4.96. The van der Waals surface area contributed by atoms with Crippen molar-refractivity contribution in [2.45, 2.75) is 0 Å². The minimum Gasteiger partial charge on any atom is -0.495 e. The highest BCUT2D eigenvalue weighted by molar-refractivity contribution is 5.99. The zero-order valence-electron chi connectivity index (χ0n) is 15.7. The quantitative estimate of drug-likeness (QED) is 0.473. The van der Waals surface area contributed by atoms with Gasteiger partial charge in [0.15, 0.2) is 5.65 Å². The van der Waals surface area contributed by atoms with Crippen LogP contribution in [0, 0.1) is 0 Å². The summed E-state index contributed by atoms with van der Waals surface area (Å²) in [4.78, 5) is 8.73. The van der Waals surface area contributed by atoms with E-state index < -0.39 is 0 Å². The molecule has 2 N–H and O–H groups in total. The van der Waals surface area contributed by atoms with Crippen molar-refractivity contribution in [2.24, 2.45) is 7.05 Å². The summed E-state index contributed by atoms with van der Waals surface area (Å²) in [6.07, 6.45) is 6.55. The molecule has 9 heteroatoms. The van der Waals surface area contributed by atoms with E-state index in [0.717, 1.165) is 33.6 Å². The summed E-state index contributed by atoms with van der Waals surface area (Å²) >= 11 is 0. The average Bonchev–Trinajstić information content (AvgIpc) is 3.49. The van der Waals surface area contributed by atoms with Gasteiger partial charge in [0.2, 0.25) is 0 Å². The number of benzene rings is 1. The van der Waals surface area contributed by atoms with Crippen molar-refractivity contribution in [3.8, 4) is 28.3 Å². The number of anilines is 2. The largest absolute Gasteiger partial charge is 0.495 e. The van der Waals surface area contributed by atoms with Crippen molar-refractivity contribution >= 4 is 22.5 Å². The number of furan rings is 1. The lowest BCUT2D eigenvalue weighted by Gasteiger charge is -2.13. The van der Waals surface area contributed by atoms with Gasteiger partial charge in [0.25, 0.3) is 0 Å². The molecule has 0 aliphatic heterocycles. The first-order valence-corrected chi connectivity index (χ1v) is 8.89. The lowest BCUT2D eigenvalue weighted by Crippen LogP contribution is -2.00. The van der Waals surface area contributed by atoms with E-state index in [4.69, 9.17) is 9.15 Å². The third kappa shape index (κ3) is 2.89. The molecule has 0 saturated heterocycles. The minimum absolute atomic E-state index is 0.559. The first kappa shape index (κ1) is 17.0. The van der Waals surface area contributed by atoms with Gasteiger partial charge in [-0.3, -0.25) is 9.78 Å². The van der Waals surface area contributed by atoms with Crippen LogP contribution < -0.4 is 10.1 Å². The number of rotatable bonds is 5. The van der Waals surface area contributed by atoms with Gasteiger partial charge in [-0.15, -0.1) is 0 Å². The second-order valence-corrected chi connectivity index (χ2v) is 6.41. The molecular weight excluding hydrogens is 370 g/mol. The molecule has 0 bridgehead atoms. The Hall–Kier alpha value is -4.14. The van der Waals surface area contributed by atoms with Gasteiger partial charge in [-0.25, -0.2) is 9.97 Å². The molecule has 29 heavy (non-hydrogen) atoms. The van der Waals surface area contributed by atoms with E-state index in [2.05, 4.69) is 30.6 Å². The van der Waals surface area contributed by atoms with Crippen molar-refractivity contribution in [1.82, 2.24) is 29.9 Å². The van der Waals surface area contributed by atoms with Crippen molar-refractivity contribution in [3.63, 3.8) is 0 Å². The van der Waals surface area contributed by atoms with Gasteiger partial charge in [0, 0.05) is 18.8 Å². The maximum Gasteiger partial charge on any atom is 0.186 e. The molecule has 0 atom stereocenters. The highest BCUT2D eigenvalue weighted by Crippen LogP contribution is 2.36. The van der Waals surface area contributed by atoms with Crippen LogP contribution in [0.2, 0.25) is 0 Å². The fraction of sp³-hybridized carbons (Fsp3) is 0.100. The monoisotopic (exact) mass is 387 g/mol. The summed E-state index contributed by atoms with van der Waals surface area (Å²) in [6.45, 7) is 0. The molecule has 4 aromatic heterocycles. The summed E-state index contributed by atoms with van der Waals surface area (Å²) < 4.78 is 12.5. The van der Waals surface area contributed by atoms with E-state index in [1.165, 1.54) is 6.33 Å². The summed E-state index contributed by atoms with van der Waals surface area (Å²) in [7, 11) is 3.50. The lowest BCUT2D eigenvalue weighted by molar-refractivity contribution is 0.417. The summed E-state index contributed by atoms with van der Waals surface area (Å²) in [5.74, 6) is 1.30. The van der Waals surface area contributed by atoms with Gasteiger partial charge in [-0.05, 0) is 29.8 Å². The van der Waals surface area contributed by atoms with Gasteiger partial charge in [0.1, 0.15) is 17.9 Å². The van der Waals surface area contributed by atoms with Gasteiger partial charge in [0.05, 0.1) is 42.1 Å². The van der Waals surface area contributed by atoms with Gasteiger partial charge < -0.3 is 14.5 Å². The maximum atomic E-state index is 5.54. The van der Waals surface area contributed by atoms with Crippen LogP contribution in [0.3, 0.4) is 0 Å². The normalized spacial score (nSPS) is 11.1. The van der Waals surface area contributed by atoms with Crippen molar-refractivity contribution in [2.75, 3.05) is 12.4 Å². The van der Waals surface area contributed by atoms with Gasteiger partial charge in [-0.1, -0.05) is 6.07 Å². The zero-order chi connectivity index (χ0) is 19.8. The Morgan fingerprint density at radius 3 is 2.83 bits per heavy atom. The molecule has 0 spiro atoms. The topological polar surface area (TPSA) is 107 Å². The zero-order valence-corrected chi connectivity index (χ0v) is 15.7. The highest BCUT2D eigenvalue weighted by Gasteiger charge is 2.18. The fourth-order valence-electron chi connectivity index (χ4n) is 3.30. The summed E-state index contributed by atoms with van der Waals surface area (Å²) in [6, 6.07) is 9.68. The number of aromatic amines is 1. The molecule has 0 amide bonds. The predicted molar refractivity (Wildman–Crippen MR) is 108 cm³/mol. The van der Waals surface area contributed by atoms with E-state index in [9.17, 15) is 0 Å². The molecule has 9 nitrogen and oxygen atoms in total. The van der Waals surface area contributed by atoms with Crippen LogP contribution in [0.15, 0.2) is 59.8 Å². The van der Waals surface area contributed by atoms with E-state index in [0.29, 0.717) is 17.2 Å². The van der Waals surface area contributed by atoms with Crippen LogP contribution in [0.1, 0.15) is 0 Å². The molecule has 0 radical (unpaired) electrons. The molecule has 0 aliphatic rings. The number of hydrogen-bond donors (Lipinski definition) is 2. The number of hydrogen-bond acceptors (Lipinski definition) is 7. The van der Waals surface area contributed by atoms with Gasteiger partial charge in [-0.2, -0.15) is 10.2 Å². The van der Waals surface area contributed by atoms with Crippen LogP contribution in [0.25, 0.3) is 33.5 Å². The Kier molecular flexibility index (Phi) is 3.98. The molecule has 0 unspecified atom stereocenters. The maximum absolute atomic E-state index is 5.54. The van der Waals surface area contributed by atoms with Crippen molar-refractivity contribution in [1.29, 1.82) is 0 Å². The Morgan fingerprint density at radius 1 is 1.14 bits per heavy atom. The molecule has 5 rings (SSSR count). The number of H-pyrrole nitrogens is 1. The number of aryl methyl sites for hydroxylation is 1. The Labute approximate surface area is 165 Å². The van der Waals surface area contributed by atoms with Gasteiger partial charge >= 0.3 is 0 Å². The van der Waals surface area contributed by atoms with E-state index in [1.807, 2.05) is 37.4 Å². The van der Waals surface area contributed by atoms with Crippen LogP contribution in [-0.4, -0.2) is 37.1 Å². The molecule has 0 fully saturated rings. The van der Waals surface area contributed by atoms with Crippen LogP contribution in [0.5, 0.6) is 5.75 Å². The fourth-order valence-corrected chi connectivity index (χ4v) is 3.30. The smallest absolute Gasteiger partial charge is 0.186 e. The van der Waals surface area contributed by atoms with E-state index >= 15 is 0 Å². The molecule has 0 saturated carbocycles. The molecule has 1 aromatic carbocycles. The van der Waals surface area contributed by atoms with Crippen LogP contribution in [-0.2, 0) is 7.05 Å². The Morgan fingerprint density at radius 2 is 2.07 bits per heavy atom. The second-order valence-electron chi connectivity index (χ2n) is 6.41. The molecule has 0 aliphatic carbocycles. The third-order valence-electron chi connectivity index (χ3n) is 4.73. The molecular formula is C20H17N7O2. The number of ether oxygens (including phenoxy) is 1. The standard InChI is InChI=1S/C20H17N7O2/c1-27-15(5-7-23-27)18-17-19(21-11-22-20(17)26-25-18)24-14-9-12(3-4-16(14)28-2)13-6-8-29-10-13/h3-11H,1-2H3,(H2,21,22,24,25,26). The number of fused-ring (bicyclic) bond motifs is 1. The van der Waals surface area contributed by atoms with Crippen molar-refractivity contribution < 1.29 is 9.15 Å². The third-order valence-corrected chi connectivity index (χ3v) is 4.73. The number of methoxy groups -OCH3 is 1. The SMILES string of the molecule is COc1ccc(-c2ccoc2)cc1Nc1ncnc2n[nH]c(-c3ccnn3C)c12. The first-order chi connectivity index (χ1) is 14.2. The van der Waals surface area contributed by atoms with E-state index in [-0.39, 0.29) is 0 Å². The second kappa shape index (κ2) is 6.79. The molecule has 5 aromatic rings. The number of nitrogens with one attached hydrogen (secondary N) is 2. The van der Waals surface area contributed by atoms with Crippen LogP contribution >= 0.6 is 0 Å². The Bertz CT molecular complexity index is 1290. The Balaban J connectivity index is 1.63. The van der Waals surface area contributed by atoms with Crippen LogP contribution in [0.4, 0.5) is 11.5 Å². The lowest BCUT2D eigenvalue weighted by atomic mass is 10.1. The minimum atomic E-state index is 0.559. The van der Waals surface area contributed by atoms with Crippen molar-refractivity contribution in [3.05, 3.63) is 55.4 Å². The summed E-state index contributed by atoms with van der Waals surface area (Å²) in [5, 5.41) is 15.8. The van der Waals surface area contributed by atoms with E-state index in [1.54, 1.807) is 30.5 Å². The average molecular weight is 387 g/mol. The molecule has 144 valence electrons. The highest BCUT2D eigenvalue weighted by atomic mass is 16.5.